The maximum Gasteiger partial charge on any atom is 0.221 e. The Morgan fingerprint density at radius 3 is 2.88 bits per heavy atom. The first-order valence-electron chi connectivity index (χ1n) is 5.04. The van der Waals surface area contributed by atoms with Crippen LogP contribution in [0.5, 0.6) is 5.88 Å². The Hall–Kier alpha value is -1.14. The number of aromatic nitrogens is 2. The Labute approximate surface area is 112 Å². The maximum absolute atomic E-state index is 5.15. The molecule has 6 heteroatoms. The van der Waals surface area contributed by atoms with Crippen LogP contribution in [0.2, 0.25) is 0 Å². The Balaban J connectivity index is 2.09. The fraction of sp³-hybridized carbons (Fsp3) is 0.273. The lowest BCUT2D eigenvalue weighted by Gasteiger charge is -2.09. The molecule has 0 amide bonds. The largest absolute Gasteiger partial charge is 0.481 e. The van der Waals surface area contributed by atoms with Crippen molar-refractivity contribution in [2.45, 2.75) is 13.5 Å². The van der Waals surface area contributed by atoms with E-state index >= 15 is 0 Å². The first-order chi connectivity index (χ1) is 8.20. The van der Waals surface area contributed by atoms with Gasteiger partial charge in [-0.25, -0.2) is 9.97 Å². The molecule has 0 spiro atoms. The molecule has 0 aliphatic carbocycles. The van der Waals surface area contributed by atoms with Crippen molar-refractivity contribution < 1.29 is 4.74 Å². The summed E-state index contributed by atoms with van der Waals surface area (Å²) in [6.45, 7) is 2.68. The lowest BCUT2D eigenvalue weighted by molar-refractivity contribution is 0.393. The number of rotatable bonds is 4. The van der Waals surface area contributed by atoms with Crippen molar-refractivity contribution in [3.05, 3.63) is 32.7 Å². The first-order valence-corrected chi connectivity index (χ1v) is 6.65. The fourth-order valence-corrected chi connectivity index (χ4v) is 2.86. The minimum Gasteiger partial charge on any atom is -0.481 e. The molecular weight excluding hydrogens is 302 g/mol. The summed E-state index contributed by atoms with van der Waals surface area (Å²) in [6, 6.07) is 4.12. The smallest absolute Gasteiger partial charge is 0.221 e. The number of halogens is 1. The summed E-state index contributed by atoms with van der Waals surface area (Å²) in [5.74, 6) is 1.41. The Kier molecular flexibility index (Phi) is 3.96. The zero-order valence-corrected chi connectivity index (χ0v) is 11.9. The van der Waals surface area contributed by atoms with Crippen LogP contribution in [0.25, 0.3) is 0 Å². The molecule has 0 aromatic carbocycles. The van der Waals surface area contributed by atoms with E-state index in [4.69, 9.17) is 4.74 Å². The molecular formula is C11H12BrN3OS. The molecule has 2 aromatic heterocycles. The fourth-order valence-electron chi connectivity index (χ4n) is 1.44. The third-order valence-electron chi connectivity index (χ3n) is 2.29. The van der Waals surface area contributed by atoms with E-state index in [0.717, 1.165) is 21.7 Å². The number of methoxy groups -OCH3 is 1. The molecule has 2 rings (SSSR count). The molecule has 2 aromatic rings. The molecule has 0 saturated heterocycles. The lowest BCUT2D eigenvalue weighted by Crippen LogP contribution is -2.04. The predicted molar refractivity (Wildman–Crippen MR) is 72.7 cm³/mol. The number of anilines is 1. The zero-order chi connectivity index (χ0) is 12.3. The maximum atomic E-state index is 5.15. The van der Waals surface area contributed by atoms with Gasteiger partial charge in [0.05, 0.1) is 23.0 Å². The van der Waals surface area contributed by atoms with E-state index in [2.05, 4.69) is 37.3 Å². The van der Waals surface area contributed by atoms with Crippen molar-refractivity contribution in [1.29, 1.82) is 0 Å². The van der Waals surface area contributed by atoms with E-state index in [1.807, 2.05) is 13.0 Å². The van der Waals surface area contributed by atoms with E-state index in [1.165, 1.54) is 11.2 Å². The molecule has 0 aliphatic rings. The van der Waals surface area contributed by atoms with E-state index in [-0.39, 0.29) is 0 Å². The summed E-state index contributed by atoms with van der Waals surface area (Å²) in [5, 5.41) is 3.28. The van der Waals surface area contributed by atoms with Crippen LogP contribution in [-0.4, -0.2) is 17.1 Å². The van der Waals surface area contributed by atoms with Crippen LogP contribution in [0.15, 0.2) is 22.2 Å². The second-order valence-corrected chi connectivity index (χ2v) is 5.96. The summed E-state index contributed by atoms with van der Waals surface area (Å²) in [7, 11) is 1.61. The average molecular weight is 314 g/mol. The third-order valence-corrected chi connectivity index (χ3v) is 3.91. The summed E-state index contributed by atoms with van der Waals surface area (Å²) < 4.78 is 6.28. The van der Waals surface area contributed by atoms with Crippen molar-refractivity contribution in [3.63, 3.8) is 0 Å². The quantitative estimate of drug-likeness (QED) is 0.941. The highest BCUT2D eigenvalue weighted by Crippen LogP contribution is 2.24. The minimum absolute atomic E-state index is 0.606. The van der Waals surface area contributed by atoms with Crippen LogP contribution in [0.3, 0.4) is 0 Å². The van der Waals surface area contributed by atoms with Gasteiger partial charge < -0.3 is 10.1 Å². The highest BCUT2D eigenvalue weighted by Gasteiger charge is 2.07. The SMILES string of the molecule is COc1ncnc(NCc2ccc(Br)s2)c1C. The van der Waals surface area contributed by atoms with Crippen molar-refractivity contribution >= 4 is 33.1 Å². The molecule has 0 aliphatic heterocycles. The third kappa shape index (κ3) is 2.95. The summed E-state index contributed by atoms with van der Waals surface area (Å²) in [6.07, 6.45) is 1.50. The Bertz CT molecular complexity index is 515. The van der Waals surface area contributed by atoms with Gasteiger partial charge in [0.15, 0.2) is 0 Å². The van der Waals surface area contributed by atoms with Crippen LogP contribution in [0, 0.1) is 6.92 Å². The Morgan fingerprint density at radius 2 is 2.24 bits per heavy atom. The number of ether oxygens (including phenoxy) is 1. The number of nitrogens with one attached hydrogen (secondary N) is 1. The normalized spacial score (nSPS) is 10.3. The van der Waals surface area contributed by atoms with Crippen LogP contribution in [-0.2, 0) is 6.54 Å². The number of hydrogen-bond donors (Lipinski definition) is 1. The summed E-state index contributed by atoms with van der Waals surface area (Å²) in [4.78, 5) is 9.48. The first kappa shape index (κ1) is 12.3. The molecule has 17 heavy (non-hydrogen) atoms. The number of nitrogens with zero attached hydrogens (tertiary/aromatic N) is 2. The zero-order valence-electron chi connectivity index (χ0n) is 9.53. The van der Waals surface area contributed by atoms with Crippen molar-refractivity contribution in [2.75, 3.05) is 12.4 Å². The highest BCUT2D eigenvalue weighted by molar-refractivity contribution is 9.11. The van der Waals surface area contributed by atoms with Gasteiger partial charge in [0.2, 0.25) is 5.88 Å². The van der Waals surface area contributed by atoms with Gasteiger partial charge in [-0.3, -0.25) is 0 Å². The molecule has 0 radical (unpaired) electrons. The van der Waals surface area contributed by atoms with Gasteiger partial charge in [-0.05, 0) is 35.0 Å². The summed E-state index contributed by atoms with van der Waals surface area (Å²) in [5.41, 5.74) is 0.922. The van der Waals surface area contributed by atoms with Crippen molar-refractivity contribution in [2.24, 2.45) is 0 Å². The topological polar surface area (TPSA) is 47.0 Å². The van der Waals surface area contributed by atoms with Crippen molar-refractivity contribution in [3.8, 4) is 5.88 Å². The molecule has 2 heterocycles. The molecule has 0 saturated carbocycles. The van der Waals surface area contributed by atoms with Crippen LogP contribution < -0.4 is 10.1 Å². The second-order valence-electron chi connectivity index (χ2n) is 3.42. The van der Waals surface area contributed by atoms with E-state index < -0.39 is 0 Å². The molecule has 1 N–H and O–H groups in total. The van der Waals surface area contributed by atoms with Gasteiger partial charge in [0.25, 0.3) is 0 Å². The highest BCUT2D eigenvalue weighted by atomic mass is 79.9. The van der Waals surface area contributed by atoms with E-state index in [1.54, 1.807) is 18.4 Å². The molecule has 0 unspecified atom stereocenters. The Morgan fingerprint density at radius 1 is 1.41 bits per heavy atom. The number of thiophene rings is 1. The van der Waals surface area contributed by atoms with Crippen LogP contribution in [0.1, 0.15) is 10.4 Å². The van der Waals surface area contributed by atoms with Crippen molar-refractivity contribution in [1.82, 2.24) is 9.97 Å². The molecule has 0 fully saturated rings. The van der Waals surface area contributed by atoms with Gasteiger partial charge in [-0.2, -0.15) is 0 Å². The second kappa shape index (κ2) is 5.46. The van der Waals surface area contributed by atoms with Crippen LogP contribution >= 0.6 is 27.3 Å². The van der Waals surface area contributed by atoms with E-state index in [0.29, 0.717) is 5.88 Å². The van der Waals surface area contributed by atoms with E-state index in [9.17, 15) is 0 Å². The van der Waals surface area contributed by atoms with Gasteiger partial charge >= 0.3 is 0 Å². The predicted octanol–water partition coefficient (Wildman–Crippen LogP) is 3.23. The molecule has 0 atom stereocenters. The standard InChI is InChI=1S/C11H12BrN3OS/c1-7-10(14-6-15-11(7)16-2)13-5-8-3-4-9(12)17-8/h3-4,6H,5H2,1-2H3,(H,13,14,15). The number of hydrogen-bond acceptors (Lipinski definition) is 5. The molecule has 0 bridgehead atoms. The van der Waals surface area contributed by atoms with Crippen LogP contribution in [0.4, 0.5) is 5.82 Å². The average Bonchev–Trinajstić information content (AvgIpc) is 2.74. The monoisotopic (exact) mass is 313 g/mol. The molecule has 4 nitrogen and oxygen atoms in total. The minimum atomic E-state index is 0.606. The summed E-state index contributed by atoms with van der Waals surface area (Å²) >= 11 is 5.14. The van der Waals surface area contributed by atoms with Gasteiger partial charge in [-0.1, -0.05) is 0 Å². The van der Waals surface area contributed by atoms with Gasteiger partial charge in [-0.15, -0.1) is 11.3 Å². The van der Waals surface area contributed by atoms with Gasteiger partial charge in [0.1, 0.15) is 12.1 Å². The molecule has 90 valence electrons. The van der Waals surface area contributed by atoms with Gasteiger partial charge in [0, 0.05) is 4.88 Å². The lowest BCUT2D eigenvalue weighted by atomic mass is 10.3.